The Morgan fingerprint density at radius 2 is 2.00 bits per heavy atom. The van der Waals surface area contributed by atoms with Crippen molar-refractivity contribution >= 4 is 41.7 Å². The van der Waals surface area contributed by atoms with Crippen LogP contribution in [0, 0.1) is 5.92 Å². The van der Waals surface area contributed by atoms with Crippen LogP contribution in [0.1, 0.15) is 52.4 Å². The van der Waals surface area contributed by atoms with Crippen molar-refractivity contribution in [2.24, 2.45) is 16.6 Å². The van der Waals surface area contributed by atoms with E-state index in [0.717, 1.165) is 18.9 Å². The van der Waals surface area contributed by atoms with Crippen LogP contribution in [0.5, 0.6) is 0 Å². The molecule has 0 saturated heterocycles. The molecule has 1 aliphatic rings. The van der Waals surface area contributed by atoms with Crippen LogP contribution in [0.2, 0.25) is 0 Å². The zero-order valence-corrected chi connectivity index (χ0v) is 15.5. The number of hydrogen-bond acceptors (Lipinski definition) is 2. The van der Waals surface area contributed by atoms with Gasteiger partial charge < -0.3 is 11.1 Å². The van der Waals surface area contributed by atoms with Crippen LogP contribution < -0.4 is 11.1 Å². The Labute approximate surface area is 140 Å². The number of nitrogens with one attached hydrogen (secondary N) is 1. The highest BCUT2D eigenvalue weighted by molar-refractivity contribution is 14.0. The second-order valence-electron chi connectivity index (χ2n) is 5.57. The van der Waals surface area contributed by atoms with Crippen molar-refractivity contribution in [3.8, 4) is 0 Å². The first-order valence-electron chi connectivity index (χ1n) is 7.32. The van der Waals surface area contributed by atoms with Gasteiger partial charge in [0.2, 0.25) is 0 Å². The second-order valence-corrected chi connectivity index (χ2v) is 6.72. The number of aliphatic imine (C=N–C) groups is 1. The van der Waals surface area contributed by atoms with E-state index in [9.17, 15) is 0 Å². The number of nitrogens with two attached hydrogens (primary N) is 1. The lowest BCUT2D eigenvalue weighted by Gasteiger charge is -2.23. The van der Waals surface area contributed by atoms with E-state index < -0.39 is 0 Å². The van der Waals surface area contributed by atoms with Crippen molar-refractivity contribution in [2.45, 2.75) is 58.4 Å². The average Bonchev–Trinajstić information content (AvgIpc) is 2.34. The summed E-state index contributed by atoms with van der Waals surface area (Å²) in [6.45, 7) is 5.38. The highest BCUT2D eigenvalue weighted by Crippen LogP contribution is 2.17. The van der Waals surface area contributed by atoms with Crippen molar-refractivity contribution in [1.82, 2.24) is 5.32 Å². The van der Waals surface area contributed by atoms with Gasteiger partial charge in [-0.05, 0) is 36.7 Å². The molecule has 1 fully saturated rings. The predicted octanol–water partition coefficient (Wildman–Crippen LogP) is 3.62. The SMILES string of the molecule is CC(C)CSCCCN=C(N)NC1CCCCC1.I. The van der Waals surface area contributed by atoms with Crippen LogP contribution in [0.15, 0.2) is 4.99 Å². The Kier molecular flexibility index (Phi) is 12.3. The summed E-state index contributed by atoms with van der Waals surface area (Å²) in [6, 6.07) is 0.567. The largest absolute Gasteiger partial charge is 0.370 e. The number of guanidine groups is 1. The zero-order chi connectivity index (χ0) is 13.2. The van der Waals surface area contributed by atoms with Crippen molar-refractivity contribution in [2.75, 3.05) is 18.1 Å². The van der Waals surface area contributed by atoms with E-state index in [-0.39, 0.29) is 24.0 Å². The van der Waals surface area contributed by atoms with Gasteiger partial charge >= 0.3 is 0 Å². The predicted molar refractivity (Wildman–Crippen MR) is 98.7 cm³/mol. The minimum absolute atomic E-state index is 0. The zero-order valence-electron chi connectivity index (χ0n) is 12.4. The molecule has 0 aromatic heterocycles. The number of hydrogen-bond donors (Lipinski definition) is 2. The smallest absolute Gasteiger partial charge is 0.188 e. The maximum Gasteiger partial charge on any atom is 0.188 e. The standard InChI is InChI=1S/C14H29N3S.HI/c1-12(2)11-18-10-6-9-16-14(15)17-13-7-4-3-5-8-13;/h12-13H,3-11H2,1-2H3,(H3,15,16,17);1H. The van der Waals surface area contributed by atoms with Gasteiger partial charge in [-0.25, -0.2) is 0 Å². The molecule has 0 unspecified atom stereocenters. The lowest BCUT2D eigenvalue weighted by atomic mass is 9.96. The van der Waals surface area contributed by atoms with Gasteiger partial charge in [0.1, 0.15) is 0 Å². The number of thioether (sulfide) groups is 1. The van der Waals surface area contributed by atoms with Gasteiger partial charge in [0.15, 0.2) is 5.96 Å². The molecule has 0 heterocycles. The van der Waals surface area contributed by atoms with Crippen LogP contribution in [-0.2, 0) is 0 Å². The summed E-state index contributed by atoms with van der Waals surface area (Å²) >= 11 is 2.02. The Hall–Kier alpha value is 0.350. The van der Waals surface area contributed by atoms with Crippen LogP contribution in [0.25, 0.3) is 0 Å². The molecule has 0 bridgehead atoms. The van der Waals surface area contributed by atoms with Crippen molar-refractivity contribution in [1.29, 1.82) is 0 Å². The second kappa shape index (κ2) is 12.1. The molecule has 0 radical (unpaired) electrons. The molecular weight excluding hydrogens is 369 g/mol. The maximum atomic E-state index is 5.90. The van der Waals surface area contributed by atoms with E-state index in [1.807, 2.05) is 11.8 Å². The maximum absolute atomic E-state index is 5.90. The van der Waals surface area contributed by atoms with Gasteiger partial charge in [-0.1, -0.05) is 33.1 Å². The summed E-state index contributed by atoms with van der Waals surface area (Å²) in [6.07, 6.45) is 7.67. The Morgan fingerprint density at radius 1 is 1.32 bits per heavy atom. The van der Waals surface area contributed by atoms with Crippen molar-refractivity contribution < 1.29 is 0 Å². The Morgan fingerprint density at radius 3 is 2.63 bits per heavy atom. The van der Waals surface area contributed by atoms with E-state index in [1.54, 1.807) is 0 Å². The van der Waals surface area contributed by atoms with E-state index in [4.69, 9.17) is 5.73 Å². The first-order valence-corrected chi connectivity index (χ1v) is 8.48. The molecule has 0 atom stereocenters. The first-order chi connectivity index (χ1) is 8.68. The first kappa shape index (κ1) is 19.4. The van der Waals surface area contributed by atoms with Crippen LogP contribution >= 0.6 is 35.7 Å². The Balaban J connectivity index is 0.00000324. The van der Waals surface area contributed by atoms with Crippen LogP contribution in [-0.4, -0.2) is 30.1 Å². The van der Waals surface area contributed by atoms with E-state index in [1.165, 1.54) is 43.6 Å². The van der Waals surface area contributed by atoms with Crippen LogP contribution in [0.3, 0.4) is 0 Å². The van der Waals surface area contributed by atoms with Gasteiger partial charge in [-0.3, -0.25) is 4.99 Å². The summed E-state index contributed by atoms with van der Waals surface area (Å²) in [5.41, 5.74) is 5.90. The summed E-state index contributed by atoms with van der Waals surface area (Å²) in [4.78, 5) is 4.40. The molecule has 0 amide bonds. The minimum Gasteiger partial charge on any atom is -0.370 e. The number of nitrogens with zero attached hydrogens (tertiary/aromatic N) is 1. The third-order valence-electron chi connectivity index (χ3n) is 3.14. The third kappa shape index (κ3) is 10.8. The van der Waals surface area contributed by atoms with Gasteiger partial charge in [-0.15, -0.1) is 24.0 Å². The highest BCUT2D eigenvalue weighted by atomic mass is 127. The van der Waals surface area contributed by atoms with E-state index in [0.29, 0.717) is 12.0 Å². The molecular formula is C14H30IN3S. The normalized spacial score (nSPS) is 17.3. The molecule has 5 heteroatoms. The van der Waals surface area contributed by atoms with E-state index >= 15 is 0 Å². The number of halogens is 1. The molecule has 0 aromatic carbocycles. The van der Waals surface area contributed by atoms with E-state index in [2.05, 4.69) is 24.2 Å². The molecule has 0 aliphatic heterocycles. The van der Waals surface area contributed by atoms with Gasteiger partial charge in [0.05, 0.1) is 0 Å². The molecule has 0 spiro atoms. The van der Waals surface area contributed by atoms with Gasteiger partial charge in [-0.2, -0.15) is 11.8 Å². The minimum atomic E-state index is 0. The molecule has 3 N–H and O–H groups in total. The summed E-state index contributed by atoms with van der Waals surface area (Å²) in [5.74, 6) is 3.88. The molecule has 19 heavy (non-hydrogen) atoms. The Bertz CT molecular complexity index is 241. The van der Waals surface area contributed by atoms with Crippen molar-refractivity contribution in [3.05, 3.63) is 0 Å². The fraction of sp³-hybridized carbons (Fsp3) is 0.929. The summed E-state index contributed by atoms with van der Waals surface area (Å²) < 4.78 is 0. The molecule has 1 aliphatic carbocycles. The third-order valence-corrected chi connectivity index (χ3v) is 4.62. The fourth-order valence-corrected chi connectivity index (χ4v) is 3.16. The molecule has 1 rings (SSSR count). The monoisotopic (exact) mass is 399 g/mol. The quantitative estimate of drug-likeness (QED) is 0.298. The lowest BCUT2D eigenvalue weighted by molar-refractivity contribution is 0.412. The molecule has 114 valence electrons. The van der Waals surface area contributed by atoms with Gasteiger partial charge in [0.25, 0.3) is 0 Å². The summed E-state index contributed by atoms with van der Waals surface area (Å²) in [7, 11) is 0. The van der Waals surface area contributed by atoms with Gasteiger partial charge in [0, 0.05) is 12.6 Å². The highest BCUT2D eigenvalue weighted by Gasteiger charge is 2.12. The van der Waals surface area contributed by atoms with Crippen molar-refractivity contribution in [3.63, 3.8) is 0 Å². The topological polar surface area (TPSA) is 50.4 Å². The number of rotatable bonds is 7. The average molecular weight is 399 g/mol. The summed E-state index contributed by atoms with van der Waals surface area (Å²) in [5, 5.41) is 3.35. The lowest BCUT2D eigenvalue weighted by Crippen LogP contribution is -2.41. The fourth-order valence-electron chi connectivity index (χ4n) is 2.19. The molecule has 3 nitrogen and oxygen atoms in total. The molecule has 0 aromatic rings. The van der Waals surface area contributed by atoms with Crippen LogP contribution in [0.4, 0.5) is 0 Å². The molecule has 1 saturated carbocycles.